The monoisotopic (exact) mass is 495 g/mol. The fraction of sp³-hybridized carbons (Fsp3) is 0.333. The van der Waals surface area contributed by atoms with Crippen molar-refractivity contribution in [1.82, 2.24) is 20.2 Å². The number of carbonyl (C=O) groups is 3. The molecule has 11 heteroatoms. The molecule has 0 aliphatic heterocycles. The molecule has 0 atom stereocenters. The minimum atomic E-state index is -0.769. The van der Waals surface area contributed by atoms with Crippen molar-refractivity contribution < 1.29 is 23.9 Å². The molecule has 1 aromatic carbocycles. The molecule has 4 rings (SSSR count). The Kier molecular flexibility index (Phi) is 7.66. The highest BCUT2D eigenvalue weighted by Gasteiger charge is 2.27. The van der Waals surface area contributed by atoms with Gasteiger partial charge in [0.15, 0.2) is 18.1 Å². The topological polar surface area (TPSA) is 125 Å². The lowest BCUT2D eigenvalue weighted by Crippen LogP contribution is -2.23. The van der Waals surface area contributed by atoms with Gasteiger partial charge < -0.3 is 14.8 Å². The Morgan fingerprint density at radius 2 is 1.91 bits per heavy atom. The number of hydrogen-bond acceptors (Lipinski definition) is 9. The molecule has 0 unspecified atom stereocenters. The summed E-state index contributed by atoms with van der Waals surface area (Å²) in [6.45, 7) is 1.10. The molecule has 0 fully saturated rings. The van der Waals surface area contributed by atoms with Crippen LogP contribution in [0.15, 0.2) is 30.3 Å². The Hall–Kier alpha value is -3.86. The zero-order chi connectivity index (χ0) is 24.8. The summed E-state index contributed by atoms with van der Waals surface area (Å²) in [7, 11) is 1.32. The van der Waals surface area contributed by atoms with Gasteiger partial charge in [0.1, 0.15) is 5.00 Å². The molecule has 1 amide bonds. The number of methoxy groups -OCH3 is 1. The first kappa shape index (κ1) is 24.3. The average molecular weight is 496 g/mol. The van der Waals surface area contributed by atoms with Crippen molar-refractivity contribution in [1.29, 1.82) is 0 Å². The molecule has 0 saturated carbocycles. The molecule has 10 nitrogen and oxygen atoms in total. The van der Waals surface area contributed by atoms with Gasteiger partial charge in [-0.15, -0.1) is 16.4 Å². The van der Waals surface area contributed by atoms with E-state index in [2.05, 4.69) is 20.8 Å². The van der Waals surface area contributed by atoms with Crippen molar-refractivity contribution in [3.63, 3.8) is 0 Å². The number of aromatic nitrogens is 4. The molecular formula is C24H25N5O5S. The number of rotatable bonds is 7. The van der Waals surface area contributed by atoms with Crippen molar-refractivity contribution >= 4 is 46.0 Å². The number of fused-ring (bicyclic) bond motifs is 1. The van der Waals surface area contributed by atoms with E-state index in [4.69, 9.17) is 9.47 Å². The van der Waals surface area contributed by atoms with Crippen LogP contribution in [-0.4, -0.2) is 51.8 Å². The normalized spacial score (nSPS) is 13.5. The summed E-state index contributed by atoms with van der Waals surface area (Å²) in [6, 6.07) is 9.14. The Bertz CT molecular complexity index is 1260. The molecule has 1 aliphatic carbocycles. The van der Waals surface area contributed by atoms with Gasteiger partial charge in [0.25, 0.3) is 5.91 Å². The van der Waals surface area contributed by atoms with E-state index in [9.17, 15) is 14.4 Å². The summed E-state index contributed by atoms with van der Waals surface area (Å²) in [5.74, 6) is -1.43. The average Bonchev–Trinajstić information content (AvgIpc) is 3.35. The smallest absolute Gasteiger partial charge is 0.357 e. The quantitative estimate of drug-likeness (QED) is 0.301. The van der Waals surface area contributed by atoms with Crippen LogP contribution in [0.25, 0.3) is 11.8 Å². The Morgan fingerprint density at radius 1 is 1.14 bits per heavy atom. The van der Waals surface area contributed by atoms with E-state index in [-0.39, 0.29) is 5.70 Å². The van der Waals surface area contributed by atoms with Crippen LogP contribution >= 0.6 is 11.3 Å². The Labute approximate surface area is 205 Å². The predicted molar refractivity (Wildman–Crippen MR) is 130 cm³/mol. The lowest BCUT2D eigenvalue weighted by Gasteiger charge is -2.10. The summed E-state index contributed by atoms with van der Waals surface area (Å²) in [5.41, 5.74) is 2.13. The standard InChI is InChI=1S/C24H25N5O5S/c1-15-26-27-28-29(15)18(13-16-9-5-3-6-10-16)23(31)34-14-20(30)25-22-21(24(32)33-2)17-11-7-4-8-12-19(17)35-22/h3,5-6,9-10,13H,4,7-8,11-12,14H2,1-2H3,(H,25,30). The van der Waals surface area contributed by atoms with E-state index in [1.807, 2.05) is 30.3 Å². The third-order valence-electron chi connectivity index (χ3n) is 5.56. The zero-order valence-corrected chi connectivity index (χ0v) is 20.3. The SMILES string of the molecule is COC(=O)c1c(NC(=O)COC(=O)C(=Cc2ccccc2)n2nnnc2C)sc2c1CCCCC2. The van der Waals surface area contributed by atoms with Crippen molar-refractivity contribution in [2.75, 3.05) is 19.0 Å². The third kappa shape index (κ3) is 5.62. The van der Waals surface area contributed by atoms with Crippen LogP contribution in [0.1, 0.15) is 51.4 Å². The Morgan fingerprint density at radius 3 is 2.63 bits per heavy atom. The van der Waals surface area contributed by atoms with Crippen molar-refractivity contribution in [3.05, 3.63) is 57.7 Å². The second-order valence-corrected chi connectivity index (χ2v) is 9.07. The van der Waals surface area contributed by atoms with Crippen LogP contribution in [-0.2, 0) is 31.9 Å². The van der Waals surface area contributed by atoms with Gasteiger partial charge in [-0.25, -0.2) is 9.59 Å². The largest absolute Gasteiger partial charge is 0.465 e. The predicted octanol–water partition coefficient (Wildman–Crippen LogP) is 3.28. The van der Waals surface area contributed by atoms with E-state index in [1.165, 1.54) is 23.1 Å². The first-order chi connectivity index (χ1) is 17.0. The molecule has 1 aliphatic rings. The molecule has 2 aromatic heterocycles. The number of carbonyl (C=O) groups excluding carboxylic acids is 3. The van der Waals surface area contributed by atoms with Crippen molar-refractivity contribution in [2.24, 2.45) is 0 Å². The second-order valence-electron chi connectivity index (χ2n) is 7.96. The number of tetrazole rings is 1. The number of ether oxygens (including phenoxy) is 2. The maximum Gasteiger partial charge on any atom is 0.357 e. The van der Waals surface area contributed by atoms with E-state index in [1.54, 1.807) is 13.0 Å². The number of nitrogens with one attached hydrogen (secondary N) is 1. The van der Waals surface area contributed by atoms with Crippen LogP contribution in [0.4, 0.5) is 5.00 Å². The molecule has 0 saturated heterocycles. The van der Waals surface area contributed by atoms with Gasteiger partial charge in [0.2, 0.25) is 0 Å². The first-order valence-electron chi connectivity index (χ1n) is 11.2. The number of benzene rings is 1. The van der Waals surface area contributed by atoms with Gasteiger partial charge in [-0.3, -0.25) is 4.79 Å². The molecule has 0 spiro atoms. The van der Waals surface area contributed by atoms with Gasteiger partial charge in [-0.2, -0.15) is 4.68 Å². The molecule has 1 N–H and O–H groups in total. The van der Waals surface area contributed by atoms with Crippen LogP contribution in [0, 0.1) is 6.92 Å². The van der Waals surface area contributed by atoms with Crippen LogP contribution < -0.4 is 5.32 Å². The van der Waals surface area contributed by atoms with E-state index >= 15 is 0 Å². The molecule has 2 heterocycles. The van der Waals surface area contributed by atoms with Gasteiger partial charge in [0, 0.05) is 4.88 Å². The summed E-state index contributed by atoms with van der Waals surface area (Å²) in [5, 5.41) is 14.4. The minimum absolute atomic E-state index is 0.0598. The highest BCUT2D eigenvalue weighted by Crippen LogP contribution is 2.37. The number of amides is 1. The highest BCUT2D eigenvalue weighted by molar-refractivity contribution is 7.17. The fourth-order valence-electron chi connectivity index (χ4n) is 3.88. The molecule has 182 valence electrons. The number of nitrogens with zero attached hydrogens (tertiary/aromatic N) is 4. The summed E-state index contributed by atoms with van der Waals surface area (Å²) in [4.78, 5) is 39.2. The van der Waals surface area contributed by atoms with Crippen molar-refractivity contribution in [2.45, 2.75) is 39.0 Å². The number of aryl methyl sites for hydroxylation is 2. The minimum Gasteiger partial charge on any atom is -0.465 e. The van der Waals surface area contributed by atoms with Gasteiger partial charge in [-0.05, 0) is 60.2 Å². The summed E-state index contributed by atoms with van der Waals surface area (Å²) >= 11 is 1.37. The molecular weight excluding hydrogens is 470 g/mol. The third-order valence-corrected chi connectivity index (χ3v) is 6.77. The molecule has 35 heavy (non-hydrogen) atoms. The number of thiophene rings is 1. The molecule has 0 radical (unpaired) electrons. The zero-order valence-electron chi connectivity index (χ0n) is 19.4. The molecule has 0 bridgehead atoms. The lowest BCUT2D eigenvalue weighted by molar-refractivity contribution is -0.141. The Balaban J connectivity index is 1.50. The van der Waals surface area contributed by atoms with E-state index in [0.29, 0.717) is 16.4 Å². The lowest BCUT2D eigenvalue weighted by atomic mass is 10.1. The first-order valence-corrected chi connectivity index (χ1v) is 12.0. The number of anilines is 1. The van der Waals surface area contributed by atoms with Crippen LogP contribution in [0.3, 0.4) is 0 Å². The van der Waals surface area contributed by atoms with E-state index in [0.717, 1.165) is 48.1 Å². The van der Waals surface area contributed by atoms with Gasteiger partial charge in [0.05, 0.1) is 12.7 Å². The highest BCUT2D eigenvalue weighted by atomic mass is 32.1. The van der Waals surface area contributed by atoms with Crippen LogP contribution in [0.5, 0.6) is 0 Å². The van der Waals surface area contributed by atoms with Gasteiger partial charge in [-0.1, -0.05) is 36.8 Å². The maximum atomic E-state index is 12.9. The maximum absolute atomic E-state index is 12.9. The fourth-order valence-corrected chi connectivity index (χ4v) is 5.18. The van der Waals surface area contributed by atoms with Crippen LogP contribution in [0.2, 0.25) is 0 Å². The summed E-state index contributed by atoms with van der Waals surface area (Å²) < 4.78 is 11.5. The molecule has 3 aromatic rings. The van der Waals surface area contributed by atoms with Gasteiger partial charge >= 0.3 is 11.9 Å². The number of hydrogen-bond donors (Lipinski definition) is 1. The number of esters is 2. The van der Waals surface area contributed by atoms with E-state index < -0.39 is 24.5 Å². The second kappa shape index (κ2) is 11.0. The summed E-state index contributed by atoms with van der Waals surface area (Å²) in [6.07, 6.45) is 6.31. The van der Waals surface area contributed by atoms with Crippen molar-refractivity contribution in [3.8, 4) is 0 Å².